The Hall–Kier alpha value is -2.29. The Bertz CT molecular complexity index is 800. The average molecular weight is 429 g/mol. The highest BCUT2D eigenvalue weighted by Crippen LogP contribution is 2.29. The van der Waals surface area contributed by atoms with E-state index in [1.807, 2.05) is 12.1 Å². The third-order valence-corrected chi connectivity index (χ3v) is 4.69. The molecule has 0 aliphatic carbocycles. The molecule has 26 heavy (non-hydrogen) atoms. The summed E-state index contributed by atoms with van der Waals surface area (Å²) in [4.78, 5) is 17.5. The first-order valence-corrected chi connectivity index (χ1v) is 8.73. The fourth-order valence-corrected chi connectivity index (χ4v) is 3.13. The number of hydrogen-bond acceptors (Lipinski definition) is 3. The number of pyridine rings is 1. The summed E-state index contributed by atoms with van der Waals surface area (Å²) in [7, 11) is 0. The monoisotopic (exact) mass is 428 g/mol. The molecule has 1 aliphatic rings. The highest BCUT2D eigenvalue weighted by Gasteiger charge is 2.33. The maximum Gasteiger partial charge on any atom is 0.433 e. The van der Waals surface area contributed by atoms with Crippen molar-refractivity contribution in [3.63, 3.8) is 0 Å². The highest BCUT2D eigenvalue weighted by molar-refractivity contribution is 9.10. The number of anilines is 2. The van der Waals surface area contributed by atoms with Gasteiger partial charge in [0.05, 0.1) is 5.69 Å². The number of benzene rings is 1. The lowest BCUT2D eigenvalue weighted by atomic mass is 10.3. The standard InChI is InChI=1S/C17H16BrF3N4O/c18-12-4-1-2-5-13(12)23-16(26)22-11-8-9-25(10-11)15-7-3-6-14(24-15)17(19,20)21/h1-7,11H,8-10H2,(H2,22,23,26)/t11-/m1/s1. The Labute approximate surface area is 156 Å². The largest absolute Gasteiger partial charge is 0.433 e. The lowest BCUT2D eigenvalue weighted by Crippen LogP contribution is -2.39. The van der Waals surface area contributed by atoms with Crippen LogP contribution in [0.3, 0.4) is 0 Å². The topological polar surface area (TPSA) is 57.3 Å². The van der Waals surface area contributed by atoms with Gasteiger partial charge in [0, 0.05) is 23.6 Å². The summed E-state index contributed by atoms with van der Waals surface area (Å²) >= 11 is 3.35. The molecule has 0 spiro atoms. The molecule has 5 nitrogen and oxygen atoms in total. The zero-order chi connectivity index (χ0) is 18.7. The van der Waals surface area contributed by atoms with Gasteiger partial charge in [-0.3, -0.25) is 0 Å². The predicted octanol–water partition coefficient (Wildman–Crippen LogP) is 4.26. The lowest BCUT2D eigenvalue weighted by Gasteiger charge is -2.19. The normalized spacial score (nSPS) is 17.2. The average Bonchev–Trinajstić information content (AvgIpc) is 3.05. The zero-order valence-corrected chi connectivity index (χ0v) is 15.1. The number of carbonyl (C=O) groups excluding carboxylic acids is 1. The number of urea groups is 1. The number of halogens is 4. The Morgan fingerprint density at radius 1 is 1.19 bits per heavy atom. The Morgan fingerprint density at radius 2 is 1.96 bits per heavy atom. The zero-order valence-electron chi connectivity index (χ0n) is 13.6. The van der Waals surface area contributed by atoms with Crippen molar-refractivity contribution in [3.05, 3.63) is 52.6 Å². The van der Waals surface area contributed by atoms with Gasteiger partial charge in [-0.25, -0.2) is 9.78 Å². The molecule has 1 aromatic heterocycles. The van der Waals surface area contributed by atoms with Crippen molar-refractivity contribution in [3.8, 4) is 0 Å². The van der Waals surface area contributed by atoms with Crippen LogP contribution in [0.1, 0.15) is 12.1 Å². The van der Waals surface area contributed by atoms with Crippen molar-refractivity contribution in [2.45, 2.75) is 18.6 Å². The second-order valence-corrected chi connectivity index (χ2v) is 6.74. The number of carbonyl (C=O) groups is 1. The third kappa shape index (κ3) is 4.46. The first-order valence-electron chi connectivity index (χ1n) is 7.94. The number of para-hydroxylation sites is 1. The number of amides is 2. The van der Waals surface area contributed by atoms with E-state index >= 15 is 0 Å². The minimum absolute atomic E-state index is 0.172. The third-order valence-electron chi connectivity index (χ3n) is 3.99. The number of nitrogens with zero attached hydrogens (tertiary/aromatic N) is 2. The van der Waals surface area contributed by atoms with Gasteiger partial charge in [-0.15, -0.1) is 0 Å². The molecule has 0 saturated carbocycles. The van der Waals surface area contributed by atoms with Gasteiger partial charge >= 0.3 is 12.2 Å². The molecule has 1 saturated heterocycles. The van der Waals surface area contributed by atoms with E-state index in [0.717, 1.165) is 10.5 Å². The van der Waals surface area contributed by atoms with E-state index in [1.165, 1.54) is 6.07 Å². The Balaban J connectivity index is 1.59. The molecule has 1 aromatic carbocycles. The van der Waals surface area contributed by atoms with Crippen molar-refractivity contribution in [1.29, 1.82) is 0 Å². The summed E-state index contributed by atoms with van der Waals surface area (Å²) in [5.41, 5.74) is -0.280. The van der Waals surface area contributed by atoms with Crippen molar-refractivity contribution in [2.24, 2.45) is 0 Å². The van der Waals surface area contributed by atoms with Crippen LogP contribution in [-0.4, -0.2) is 30.1 Å². The van der Waals surface area contributed by atoms with Gasteiger partial charge in [0.25, 0.3) is 0 Å². The molecule has 138 valence electrons. The van der Waals surface area contributed by atoms with Crippen LogP contribution in [0.25, 0.3) is 0 Å². The Morgan fingerprint density at radius 3 is 2.69 bits per heavy atom. The summed E-state index contributed by atoms with van der Waals surface area (Å²) in [5.74, 6) is 0.260. The molecular weight excluding hydrogens is 413 g/mol. The summed E-state index contributed by atoms with van der Waals surface area (Å²) in [6.45, 7) is 0.923. The van der Waals surface area contributed by atoms with Gasteiger partial charge in [0.2, 0.25) is 0 Å². The molecule has 0 bridgehead atoms. The van der Waals surface area contributed by atoms with Crippen LogP contribution < -0.4 is 15.5 Å². The fraction of sp³-hybridized carbons (Fsp3) is 0.294. The van der Waals surface area contributed by atoms with E-state index in [2.05, 4.69) is 31.5 Å². The van der Waals surface area contributed by atoms with Crippen molar-refractivity contribution < 1.29 is 18.0 Å². The molecule has 2 heterocycles. The number of alkyl halides is 3. The Kier molecular flexibility index (Phi) is 5.36. The molecule has 0 radical (unpaired) electrons. The number of rotatable bonds is 3. The van der Waals surface area contributed by atoms with Gasteiger partial charge in [-0.05, 0) is 46.6 Å². The van der Waals surface area contributed by atoms with Crippen LogP contribution in [0.15, 0.2) is 46.9 Å². The van der Waals surface area contributed by atoms with Crippen LogP contribution in [0.4, 0.5) is 29.5 Å². The molecule has 2 amide bonds. The van der Waals surface area contributed by atoms with Gasteiger partial charge in [-0.2, -0.15) is 13.2 Å². The first-order chi connectivity index (χ1) is 12.3. The second-order valence-electron chi connectivity index (χ2n) is 5.89. The smallest absolute Gasteiger partial charge is 0.354 e. The number of hydrogen-bond donors (Lipinski definition) is 2. The first kappa shape index (κ1) is 18.5. The fourth-order valence-electron chi connectivity index (χ4n) is 2.75. The molecule has 2 N–H and O–H groups in total. The van der Waals surface area contributed by atoms with Gasteiger partial charge in [0.15, 0.2) is 0 Å². The maximum atomic E-state index is 12.8. The predicted molar refractivity (Wildman–Crippen MR) is 96.2 cm³/mol. The maximum absolute atomic E-state index is 12.8. The summed E-state index contributed by atoms with van der Waals surface area (Å²) in [6, 6.07) is 10.5. The minimum Gasteiger partial charge on any atom is -0.354 e. The molecule has 1 aliphatic heterocycles. The molecular formula is C17H16BrF3N4O. The summed E-state index contributed by atoms with van der Waals surface area (Å²) in [6.07, 6.45) is -3.85. The van der Waals surface area contributed by atoms with Crippen molar-refractivity contribution >= 4 is 33.5 Å². The van der Waals surface area contributed by atoms with Crippen LogP contribution in [0.5, 0.6) is 0 Å². The SMILES string of the molecule is O=C(Nc1ccccc1Br)N[C@@H]1CCN(c2cccc(C(F)(F)F)n2)C1. The quantitative estimate of drug-likeness (QED) is 0.767. The second kappa shape index (κ2) is 7.53. The van der Waals surface area contributed by atoms with Gasteiger partial charge in [0.1, 0.15) is 11.5 Å². The van der Waals surface area contributed by atoms with Crippen LogP contribution in [-0.2, 0) is 6.18 Å². The molecule has 1 atom stereocenters. The number of nitrogens with one attached hydrogen (secondary N) is 2. The van der Waals surface area contributed by atoms with E-state index < -0.39 is 11.9 Å². The lowest BCUT2D eigenvalue weighted by molar-refractivity contribution is -0.141. The van der Waals surface area contributed by atoms with Crippen LogP contribution in [0.2, 0.25) is 0 Å². The van der Waals surface area contributed by atoms with E-state index in [4.69, 9.17) is 0 Å². The van der Waals surface area contributed by atoms with Crippen LogP contribution >= 0.6 is 15.9 Å². The molecule has 2 aromatic rings. The van der Waals surface area contributed by atoms with Crippen molar-refractivity contribution in [2.75, 3.05) is 23.3 Å². The van der Waals surface area contributed by atoms with E-state index in [-0.39, 0.29) is 17.9 Å². The van der Waals surface area contributed by atoms with Gasteiger partial charge < -0.3 is 15.5 Å². The van der Waals surface area contributed by atoms with E-state index in [1.54, 1.807) is 23.1 Å². The summed E-state index contributed by atoms with van der Waals surface area (Å²) < 4.78 is 39.1. The molecule has 1 fully saturated rings. The molecule has 3 rings (SSSR count). The highest BCUT2D eigenvalue weighted by atomic mass is 79.9. The number of aromatic nitrogens is 1. The minimum atomic E-state index is -4.48. The summed E-state index contributed by atoms with van der Waals surface area (Å²) in [5, 5.41) is 5.58. The van der Waals surface area contributed by atoms with Crippen molar-refractivity contribution in [1.82, 2.24) is 10.3 Å². The van der Waals surface area contributed by atoms with Crippen LogP contribution in [0, 0.1) is 0 Å². The van der Waals surface area contributed by atoms with E-state index in [9.17, 15) is 18.0 Å². The van der Waals surface area contributed by atoms with Gasteiger partial charge in [-0.1, -0.05) is 18.2 Å². The molecule has 0 unspecified atom stereocenters. The molecule has 9 heteroatoms. The van der Waals surface area contributed by atoms with E-state index in [0.29, 0.717) is 25.2 Å².